The summed E-state index contributed by atoms with van der Waals surface area (Å²) in [6.45, 7) is 6.32. The maximum Gasteiger partial charge on any atom is 0.0848 e. The Hall–Kier alpha value is -0.540. The maximum absolute atomic E-state index is 11.1. The third-order valence-corrected chi connectivity index (χ3v) is 5.10. The Balaban J connectivity index is 2.28. The van der Waals surface area contributed by atoms with Crippen molar-refractivity contribution in [2.24, 2.45) is 18.9 Å². The SMILES string of the molecule is Cc1nn(C)c(CC2(O)CCCCC2C(C)C)c1Cl. The number of nitrogens with zero attached hydrogens (tertiary/aromatic N) is 2. The Labute approximate surface area is 121 Å². The molecule has 1 saturated carbocycles. The van der Waals surface area contributed by atoms with E-state index in [4.69, 9.17) is 11.6 Å². The lowest BCUT2D eigenvalue weighted by molar-refractivity contribution is -0.0664. The molecule has 1 N–H and O–H groups in total. The van der Waals surface area contributed by atoms with Crippen molar-refractivity contribution in [2.45, 2.75) is 58.5 Å². The van der Waals surface area contributed by atoms with Crippen LogP contribution in [-0.4, -0.2) is 20.5 Å². The zero-order valence-corrected chi connectivity index (χ0v) is 13.2. The first-order chi connectivity index (χ1) is 8.85. The molecule has 0 aromatic carbocycles. The van der Waals surface area contributed by atoms with Crippen molar-refractivity contribution in [3.05, 3.63) is 16.4 Å². The molecular weight excluding hydrogens is 260 g/mol. The fourth-order valence-corrected chi connectivity index (χ4v) is 3.81. The molecule has 2 atom stereocenters. The number of aliphatic hydroxyl groups is 1. The monoisotopic (exact) mass is 284 g/mol. The molecule has 0 amide bonds. The molecule has 1 aromatic heterocycles. The van der Waals surface area contributed by atoms with Gasteiger partial charge in [-0.15, -0.1) is 0 Å². The highest BCUT2D eigenvalue weighted by Gasteiger charge is 2.41. The van der Waals surface area contributed by atoms with E-state index in [2.05, 4.69) is 18.9 Å². The molecule has 0 spiro atoms. The molecule has 1 aromatic rings. The molecule has 1 aliphatic rings. The van der Waals surface area contributed by atoms with Gasteiger partial charge >= 0.3 is 0 Å². The minimum absolute atomic E-state index is 0.354. The summed E-state index contributed by atoms with van der Waals surface area (Å²) in [7, 11) is 1.91. The molecule has 2 unspecified atom stereocenters. The molecule has 1 aliphatic carbocycles. The van der Waals surface area contributed by atoms with Gasteiger partial charge in [0.25, 0.3) is 0 Å². The number of aryl methyl sites for hydroxylation is 2. The van der Waals surface area contributed by atoms with Crippen molar-refractivity contribution in [1.82, 2.24) is 9.78 Å². The third-order valence-electron chi connectivity index (χ3n) is 4.60. The van der Waals surface area contributed by atoms with E-state index in [0.717, 1.165) is 30.7 Å². The normalized spacial score (nSPS) is 28.1. The summed E-state index contributed by atoms with van der Waals surface area (Å²) in [4.78, 5) is 0. The summed E-state index contributed by atoms with van der Waals surface area (Å²) in [6, 6.07) is 0. The second-order valence-electron chi connectivity index (χ2n) is 6.35. The smallest absolute Gasteiger partial charge is 0.0848 e. The molecule has 19 heavy (non-hydrogen) atoms. The third kappa shape index (κ3) is 2.82. The molecule has 4 heteroatoms. The Morgan fingerprint density at radius 2 is 2.16 bits per heavy atom. The highest BCUT2D eigenvalue weighted by Crippen LogP contribution is 2.41. The van der Waals surface area contributed by atoms with Crippen molar-refractivity contribution >= 4 is 11.6 Å². The van der Waals surface area contributed by atoms with E-state index in [1.54, 1.807) is 0 Å². The van der Waals surface area contributed by atoms with Crippen molar-refractivity contribution in [3.8, 4) is 0 Å². The van der Waals surface area contributed by atoms with E-state index < -0.39 is 5.60 Å². The summed E-state index contributed by atoms with van der Waals surface area (Å²) in [5.74, 6) is 0.853. The molecule has 2 rings (SSSR count). The Kier molecular flexibility index (Phi) is 4.26. The predicted molar refractivity (Wildman–Crippen MR) is 78.4 cm³/mol. The van der Waals surface area contributed by atoms with Crippen molar-refractivity contribution < 1.29 is 5.11 Å². The van der Waals surface area contributed by atoms with Crippen LogP contribution in [0.15, 0.2) is 0 Å². The summed E-state index contributed by atoms with van der Waals surface area (Å²) >= 11 is 6.33. The van der Waals surface area contributed by atoms with Gasteiger partial charge in [0.05, 0.1) is 22.0 Å². The number of aromatic nitrogens is 2. The average molecular weight is 285 g/mol. The molecule has 108 valence electrons. The van der Waals surface area contributed by atoms with Crippen LogP contribution < -0.4 is 0 Å². The van der Waals surface area contributed by atoms with Crippen LogP contribution in [0, 0.1) is 18.8 Å². The van der Waals surface area contributed by atoms with Gasteiger partial charge in [-0.2, -0.15) is 5.10 Å². The van der Waals surface area contributed by atoms with Gasteiger partial charge in [-0.25, -0.2) is 0 Å². The highest BCUT2D eigenvalue weighted by atomic mass is 35.5. The van der Waals surface area contributed by atoms with E-state index in [1.165, 1.54) is 6.42 Å². The lowest BCUT2D eigenvalue weighted by Gasteiger charge is -2.42. The molecular formula is C15H25ClN2O. The van der Waals surface area contributed by atoms with Crippen LogP contribution in [0.1, 0.15) is 50.9 Å². The minimum atomic E-state index is -0.629. The van der Waals surface area contributed by atoms with Gasteiger partial charge in [0.2, 0.25) is 0 Å². The highest BCUT2D eigenvalue weighted by molar-refractivity contribution is 6.31. The molecule has 0 aliphatic heterocycles. The lowest BCUT2D eigenvalue weighted by atomic mass is 9.68. The van der Waals surface area contributed by atoms with Crippen LogP contribution in [0.4, 0.5) is 0 Å². The fraction of sp³-hybridized carbons (Fsp3) is 0.800. The van der Waals surface area contributed by atoms with Crippen molar-refractivity contribution in [1.29, 1.82) is 0 Å². The first-order valence-electron chi connectivity index (χ1n) is 7.25. The van der Waals surface area contributed by atoms with Crippen LogP contribution in [0.5, 0.6) is 0 Å². The molecule has 1 fully saturated rings. The Bertz CT molecular complexity index is 455. The summed E-state index contributed by atoms with van der Waals surface area (Å²) in [5.41, 5.74) is 1.19. The first kappa shape index (κ1) is 14.9. The van der Waals surface area contributed by atoms with Gasteiger partial charge in [0.1, 0.15) is 0 Å². The number of halogens is 1. The van der Waals surface area contributed by atoms with Gasteiger partial charge in [0.15, 0.2) is 0 Å². The lowest BCUT2D eigenvalue weighted by Crippen LogP contribution is -2.45. The number of hydrogen-bond donors (Lipinski definition) is 1. The fourth-order valence-electron chi connectivity index (χ4n) is 3.58. The number of hydrogen-bond acceptors (Lipinski definition) is 2. The Morgan fingerprint density at radius 3 is 2.68 bits per heavy atom. The standard InChI is InChI=1S/C15H25ClN2O/c1-10(2)12-7-5-6-8-15(12,19)9-13-14(16)11(3)17-18(13)4/h10,12,19H,5-9H2,1-4H3. The minimum Gasteiger partial charge on any atom is -0.389 e. The van der Waals surface area contributed by atoms with Gasteiger partial charge < -0.3 is 5.11 Å². The van der Waals surface area contributed by atoms with E-state index in [1.807, 2.05) is 18.7 Å². The number of rotatable bonds is 3. The Morgan fingerprint density at radius 1 is 1.47 bits per heavy atom. The topological polar surface area (TPSA) is 38.0 Å². The maximum atomic E-state index is 11.1. The van der Waals surface area contributed by atoms with Gasteiger partial charge in [-0.3, -0.25) is 4.68 Å². The molecule has 3 nitrogen and oxygen atoms in total. The van der Waals surface area contributed by atoms with Crippen LogP contribution in [0.3, 0.4) is 0 Å². The van der Waals surface area contributed by atoms with Crippen molar-refractivity contribution in [2.75, 3.05) is 0 Å². The van der Waals surface area contributed by atoms with E-state index in [0.29, 0.717) is 23.3 Å². The average Bonchev–Trinajstić information content (AvgIpc) is 2.56. The van der Waals surface area contributed by atoms with E-state index in [-0.39, 0.29) is 0 Å². The largest absolute Gasteiger partial charge is 0.389 e. The van der Waals surface area contributed by atoms with Crippen LogP contribution >= 0.6 is 11.6 Å². The van der Waals surface area contributed by atoms with Gasteiger partial charge in [-0.05, 0) is 31.6 Å². The molecule has 0 radical (unpaired) electrons. The summed E-state index contributed by atoms with van der Waals surface area (Å²) < 4.78 is 1.82. The molecule has 0 bridgehead atoms. The molecule has 0 saturated heterocycles. The zero-order chi connectivity index (χ0) is 14.2. The van der Waals surface area contributed by atoms with Crippen molar-refractivity contribution in [3.63, 3.8) is 0 Å². The zero-order valence-electron chi connectivity index (χ0n) is 12.4. The van der Waals surface area contributed by atoms with Crippen LogP contribution in [-0.2, 0) is 13.5 Å². The van der Waals surface area contributed by atoms with E-state index >= 15 is 0 Å². The van der Waals surface area contributed by atoms with E-state index in [9.17, 15) is 5.11 Å². The van der Waals surface area contributed by atoms with Gasteiger partial charge in [-0.1, -0.05) is 38.3 Å². The second kappa shape index (κ2) is 5.45. The van der Waals surface area contributed by atoms with Gasteiger partial charge in [0, 0.05) is 13.5 Å². The quantitative estimate of drug-likeness (QED) is 0.922. The summed E-state index contributed by atoms with van der Waals surface area (Å²) in [6.07, 6.45) is 4.93. The predicted octanol–water partition coefficient (Wildman–Crippen LogP) is 3.50. The summed E-state index contributed by atoms with van der Waals surface area (Å²) in [5, 5.41) is 16.2. The van der Waals surface area contributed by atoms with Crippen LogP contribution in [0.25, 0.3) is 0 Å². The van der Waals surface area contributed by atoms with Crippen LogP contribution in [0.2, 0.25) is 5.02 Å². The molecule has 1 heterocycles. The first-order valence-corrected chi connectivity index (χ1v) is 7.63. The second-order valence-corrected chi connectivity index (χ2v) is 6.72.